The lowest BCUT2D eigenvalue weighted by molar-refractivity contribution is -0.00257. The molecular weight excluding hydrogens is 334 g/mol. The van der Waals surface area contributed by atoms with Crippen molar-refractivity contribution in [3.05, 3.63) is 22.8 Å². The van der Waals surface area contributed by atoms with Crippen molar-refractivity contribution in [2.75, 3.05) is 0 Å². The normalized spacial score (nSPS) is 24.4. The van der Waals surface area contributed by atoms with Gasteiger partial charge in [0.15, 0.2) is 5.65 Å². The largest absolute Gasteiger partial charge is 0.390 e. The van der Waals surface area contributed by atoms with E-state index < -0.39 is 5.60 Å². The molecule has 25 heavy (non-hydrogen) atoms. The van der Waals surface area contributed by atoms with E-state index in [1.807, 2.05) is 19.9 Å². The van der Waals surface area contributed by atoms with Gasteiger partial charge >= 0.3 is 0 Å². The van der Waals surface area contributed by atoms with E-state index in [9.17, 15) is 9.90 Å². The van der Waals surface area contributed by atoms with Crippen molar-refractivity contribution in [3.8, 4) is 0 Å². The molecule has 0 radical (unpaired) electrons. The maximum absolute atomic E-state index is 12.6. The maximum atomic E-state index is 12.6. The number of amides is 1. The molecule has 0 spiro atoms. The number of carbonyl (C=O) groups excluding carboxylic acids is 1. The van der Waals surface area contributed by atoms with E-state index in [0.29, 0.717) is 17.4 Å². The van der Waals surface area contributed by atoms with Crippen LogP contribution in [0.5, 0.6) is 0 Å². The summed E-state index contributed by atoms with van der Waals surface area (Å²) in [6.45, 7) is 3.75. The molecule has 2 saturated carbocycles. The number of fused-ring (bicyclic) bond motifs is 1. The minimum absolute atomic E-state index is 0.0533. The third-order valence-corrected chi connectivity index (χ3v) is 6.67. The van der Waals surface area contributed by atoms with Crippen LogP contribution >= 0.6 is 11.3 Å². The standard InChI is InChI=1S/C19H25N3O2S/c1-19(2,24)13-5-7-14(8-6-13)21-17(23)12-9-15-16(20-10-12)22-18(25-15)11-3-4-11/h9-11,13-14,24H,3-8H2,1-2H3,(H,21,23). The van der Waals surface area contributed by atoms with Crippen molar-refractivity contribution >= 4 is 27.6 Å². The third-order valence-electron chi connectivity index (χ3n) is 5.51. The first-order valence-corrected chi connectivity index (χ1v) is 10.0. The summed E-state index contributed by atoms with van der Waals surface area (Å²) in [4.78, 5) is 21.5. The summed E-state index contributed by atoms with van der Waals surface area (Å²) in [5.41, 5.74) is 0.743. The van der Waals surface area contributed by atoms with E-state index in [1.165, 1.54) is 12.8 Å². The zero-order valence-corrected chi connectivity index (χ0v) is 15.6. The summed E-state index contributed by atoms with van der Waals surface area (Å²) in [5, 5.41) is 14.4. The van der Waals surface area contributed by atoms with Gasteiger partial charge in [-0.25, -0.2) is 9.97 Å². The van der Waals surface area contributed by atoms with E-state index >= 15 is 0 Å². The van der Waals surface area contributed by atoms with Crippen LogP contribution in [0.2, 0.25) is 0 Å². The van der Waals surface area contributed by atoms with Gasteiger partial charge in [0.1, 0.15) is 0 Å². The van der Waals surface area contributed by atoms with E-state index in [1.54, 1.807) is 17.5 Å². The molecule has 2 aromatic heterocycles. The van der Waals surface area contributed by atoms with Crippen LogP contribution in [0.3, 0.4) is 0 Å². The zero-order chi connectivity index (χ0) is 17.6. The van der Waals surface area contributed by atoms with Crippen molar-refractivity contribution in [1.29, 1.82) is 0 Å². The summed E-state index contributed by atoms with van der Waals surface area (Å²) < 4.78 is 1.00. The summed E-state index contributed by atoms with van der Waals surface area (Å²) in [6, 6.07) is 2.11. The van der Waals surface area contributed by atoms with Gasteiger partial charge in [0.05, 0.1) is 20.9 Å². The third kappa shape index (κ3) is 3.70. The molecular formula is C19H25N3O2S. The molecule has 1 amide bonds. The second-order valence-corrected chi connectivity index (χ2v) is 9.11. The summed E-state index contributed by atoms with van der Waals surface area (Å²) in [6.07, 6.45) is 7.82. The van der Waals surface area contributed by atoms with Gasteiger partial charge in [-0.3, -0.25) is 4.79 Å². The lowest BCUT2D eigenvalue weighted by atomic mass is 9.77. The topological polar surface area (TPSA) is 75.1 Å². The van der Waals surface area contributed by atoms with E-state index in [4.69, 9.17) is 0 Å². The van der Waals surface area contributed by atoms with Crippen LogP contribution in [-0.4, -0.2) is 32.6 Å². The molecule has 0 unspecified atom stereocenters. The second-order valence-electron chi connectivity index (χ2n) is 8.05. The number of carbonyl (C=O) groups is 1. The summed E-state index contributed by atoms with van der Waals surface area (Å²) in [7, 11) is 0. The van der Waals surface area contributed by atoms with Crippen LogP contribution in [0.1, 0.15) is 73.7 Å². The maximum Gasteiger partial charge on any atom is 0.253 e. The molecule has 0 saturated heterocycles. The Morgan fingerprint density at radius 2 is 1.96 bits per heavy atom. The number of pyridine rings is 1. The lowest BCUT2D eigenvalue weighted by Gasteiger charge is -2.36. The number of hydrogen-bond donors (Lipinski definition) is 2. The molecule has 0 atom stereocenters. The number of hydrogen-bond acceptors (Lipinski definition) is 5. The Labute approximate surface area is 151 Å². The van der Waals surface area contributed by atoms with Crippen LogP contribution < -0.4 is 5.32 Å². The number of aromatic nitrogens is 2. The Balaban J connectivity index is 1.40. The minimum atomic E-state index is -0.630. The molecule has 0 aliphatic heterocycles. The molecule has 5 nitrogen and oxygen atoms in total. The van der Waals surface area contributed by atoms with Crippen molar-refractivity contribution in [2.24, 2.45) is 5.92 Å². The highest BCUT2D eigenvalue weighted by molar-refractivity contribution is 7.18. The van der Waals surface area contributed by atoms with E-state index in [-0.39, 0.29) is 11.9 Å². The van der Waals surface area contributed by atoms with Gasteiger partial charge in [0, 0.05) is 18.2 Å². The molecule has 2 heterocycles. The van der Waals surface area contributed by atoms with Gasteiger partial charge in [-0.15, -0.1) is 11.3 Å². The summed E-state index contributed by atoms with van der Waals surface area (Å²) >= 11 is 1.67. The van der Waals surface area contributed by atoms with Gasteiger partial charge in [-0.2, -0.15) is 0 Å². The average molecular weight is 359 g/mol. The first-order valence-electron chi connectivity index (χ1n) is 9.20. The van der Waals surface area contributed by atoms with Gasteiger partial charge in [-0.05, 0) is 64.4 Å². The van der Waals surface area contributed by atoms with Crippen molar-refractivity contribution in [2.45, 2.75) is 69.9 Å². The Hall–Kier alpha value is -1.53. The first-order chi connectivity index (χ1) is 11.9. The number of rotatable bonds is 4. The van der Waals surface area contributed by atoms with Crippen molar-refractivity contribution in [1.82, 2.24) is 15.3 Å². The molecule has 2 aliphatic rings. The highest BCUT2D eigenvalue weighted by atomic mass is 32.1. The zero-order valence-electron chi connectivity index (χ0n) is 14.8. The minimum Gasteiger partial charge on any atom is -0.390 e. The Kier molecular flexibility index (Phi) is 4.28. The Morgan fingerprint density at radius 3 is 2.60 bits per heavy atom. The molecule has 2 fully saturated rings. The molecule has 2 aromatic rings. The fourth-order valence-corrected chi connectivity index (χ4v) is 4.81. The molecule has 2 aliphatic carbocycles. The van der Waals surface area contributed by atoms with Crippen molar-refractivity contribution < 1.29 is 9.90 Å². The lowest BCUT2D eigenvalue weighted by Crippen LogP contribution is -2.41. The second kappa shape index (κ2) is 6.32. The first kappa shape index (κ1) is 16.9. The van der Waals surface area contributed by atoms with E-state index in [0.717, 1.165) is 41.0 Å². The predicted octanol–water partition coefficient (Wildman–Crippen LogP) is 3.63. The van der Waals surface area contributed by atoms with Crippen LogP contribution in [0.15, 0.2) is 12.3 Å². The Bertz CT molecular complexity index is 784. The predicted molar refractivity (Wildman–Crippen MR) is 98.9 cm³/mol. The van der Waals surface area contributed by atoms with Gasteiger partial charge in [-0.1, -0.05) is 0 Å². The number of thiazole rings is 1. The van der Waals surface area contributed by atoms with E-state index in [2.05, 4.69) is 15.3 Å². The fraction of sp³-hybridized carbons (Fsp3) is 0.632. The highest BCUT2D eigenvalue weighted by Crippen LogP contribution is 2.43. The average Bonchev–Trinajstić information content (AvgIpc) is 3.33. The van der Waals surface area contributed by atoms with Crippen molar-refractivity contribution in [3.63, 3.8) is 0 Å². The van der Waals surface area contributed by atoms with Gasteiger partial charge < -0.3 is 10.4 Å². The Morgan fingerprint density at radius 1 is 1.24 bits per heavy atom. The molecule has 0 aromatic carbocycles. The van der Waals surface area contributed by atoms with Crippen LogP contribution in [0, 0.1) is 5.92 Å². The van der Waals surface area contributed by atoms with Crippen LogP contribution in [0.4, 0.5) is 0 Å². The summed E-state index contributed by atoms with van der Waals surface area (Å²) in [5.74, 6) is 0.877. The fourth-order valence-electron chi connectivity index (χ4n) is 3.68. The number of nitrogens with zero attached hydrogens (tertiary/aromatic N) is 2. The monoisotopic (exact) mass is 359 g/mol. The number of aliphatic hydroxyl groups is 1. The number of nitrogens with one attached hydrogen (secondary N) is 1. The van der Waals surface area contributed by atoms with Gasteiger partial charge in [0.2, 0.25) is 0 Å². The SMILES string of the molecule is CC(C)(O)C1CCC(NC(=O)c2cnc3nc(C4CC4)sc3c2)CC1. The molecule has 4 rings (SSSR count). The molecule has 2 N–H and O–H groups in total. The van der Waals surface area contributed by atoms with Crippen LogP contribution in [0.25, 0.3) is 10.3 Å². The van der Waals surface area contributed by atoms with Crippen LogP contribution in [-0.2, 0) is 0 Å². The molecule has 0 bridgehead atoms. The molecule has 134 valence electrons. The molecule has 6 heteroatoms. The van der Waals surface area contributed by atoms with Gasteiger partial charge in [0.25, 0.3) is 5.91 Å². The highest BCUT2D eigenvalue weighted by Gasteiger charge is 2.32. The smallest absolute Gasteiger partial charge is 0.253 e. The quantitative estimate of drug-likeness (QED) is 0.874.